The Morgan fingerprint density at radius 1 is 1.14 bits per heavy atom. The lowest BCUT2D eigenvalue weighted by Gasteiger charge is -2.06. The van der Waals surface area contributed by atoms with Crippen LogP contribution in [-0.2, 0) is 0 Å². The van der Waals surface area contributed by atoms with Gasteiger partial charge in [0.2, 0.25) is 5.76 Å². The summed E-state index contributed by atoms with van der Waals surface area (Å²) >= 11 is 12.0. The topological polar surface area (TPSA) is 39.4 Å². The van der Waals surface area contributed by atoms with Crippen molar-refractivity contribution in [2.24, 2.45) is 0 Å². The number of halogens is 2. The molecule has 112 valence electrons. The minimum Gasteiger partial charge on any atom is -0.447 e. The van der Waals surface area contributed by atoms with E-state index in [1.54, 1.807) is 31.2 Å². The van der Waals surface area contributed by atoms with Crippen LogP contribution < -0.4 is 4.74 Å². The molecular formula is C17H12Cl2O3. The second-order valence-electron chi connectivity index (χ2n) is 4.97. The molecule has 0 atom stereocenters. The van der Waals surface area contributed by atoms with Gasteiger partial charge in [-0.2, -0.15) is 0 Å². The van der Waals surface area contributed by atoms with Gasteiger partial charge in [-0.3, -0.25) is 0 Å². The van der Waals surface area contributed by atoms with E-state index in [1.165, 1.54) is 0 Å². The third-order valence-electron chi connectivity index (χ3n) is 3.44. The second-order valence-corrected chi connectivity index (χ2v) is 5.82. The highest BCUT2D eigenvalue weighted by Crippen LogP contribution is 2.31. The van der Waals surface area contributed by atoms with E-state index < -0.39 is 5.97 Å². The third kappa shape index (κ3) is 2.58. The summed E-state index contributed by atoms with van der Waals surface area (Å²) in [6, 6.07) is 10.4. The number of carbonyl (C=O) groups is 1. The van der Waals surface area contributed by atoms with Crippen LogP contribution >= 0.6 is 23.2 Å². The highest BCUT2D eigenvalue weighted by atomic mass is 35.5. The smallest absolute Gasteiger partial charge is 0.379 e. The van der Waals surface area contributed by atoms with E-state index in [9.17, 15) is 4.79 Å². The van der Waals surface area contributed by atoms with Gasteiger partial charge in [0.25, 0.3) is 0 Å². The molecule has 0 aliphatic carbocycles. The molecule has 0 N–H and O–H groups in total. The van der Waals surface area contributed by atoms with Gasteiger partial charge in [-0.05, 0) is 43.7 Å². The highest BCUT2D eigenvalue weighted by Gasteiger charge is 2.21. The Bertz CT molecular complexity index is 881. The molecule has 0 aliphatic rings. The van der Waals surface area contributed by atoms with E-state index in [1.807, 2.05) is 19.1 Å². The Morgan fingerprint density at radius 3 is 2.59 bits per heavy atom. The SMILES string of the molecule is Cc1cc(Cl)ccc1OC(=O)c1oc2c(Cl)cccc2c1C. The zero-order chi connectivity index (χ0) is 15.9. The summed E-state index contributed by atoms with van der Waals surface area (Å²) in [6.07, 6.45) is 0. The van der Waals surface area contributed by atoms with Crippen LogP contribution in [0.25, 0.3) is 11.0 Å². The molecule has 0 amide bonds. The molecule has 22 heavy (non-hydrogen) atoms. The minimum atomic E-state index is -0.560. The lowest BCUT2D eigenvalue weighted by Crippen LogP contribution is -2.09. The molecule has 0 saturated carbocycles. The van der Waals surface area contributed by atoms with Crippen molar-refractivity contribution in [2.45, 2.75) is 13.8 Å². The van der Waals surface area contributed by atoms with Crippen LogP contribution in [-0.4, -0.2) is 5.97 Å². The molecule has 0 unspecified atom stereocenters. The molecule has 3 aromatic rings. The average molecular weight is 335 g/mol. The Balaban J connectivity index is 1.99. The van der Waals surface area contributed by atoms with Crippen molar-refractivity contribution in [3.8, 4) is 5.75 Å². The monoisotopic (exact) mass is 334 g/mol. The van der Waals surface area contributed by atoms with Crippen molar-refractivity contribution in [3.63, 3.8) is 0 Å². The molecule has 1 heterocycles. The molecule has 0 saturated heterocycles. The van der Waals surface area contributed by atoms with Crippen LogP contribution in [0.1, 0.15) is 21.7 Å². The van der Waals surface area contributed by atoms with E-state index in [0.717, 1.165) is 10.9 Å². The lowest BCUT2D eigenvalue weighted by atomic mass is 10.1. The van der Waals surface area contributed by atoms with E-state index >= 15 is 0 Å². The Kier molecular flexibility index (Phi) is 3.85. The Morgan fingerprint density at radius 2 is 1.91 bits per heavy atom. The van der Waals surface area contributed by atoms with E-state index in [2.05, 4.69) is 0 Å². The van der Waals surface area contributed by atoms with Gasteiger partial charge >= 0.3 is 5.97 Å². The lowest BCUT2D eigenvalue weighted by molar-refractivity contribution is 0.0701. The summed E-state index contributed by atoms with van der Waals surface area (Å²) in [6.45, 7) is 3.62. The largest absolute Gasteiger partial charge is 0.447 e. The first kappa shape index (κ1) is 14.9. The summed E-state index contributed by atoms with van der Waals surface area (Å²) in [5, 5.41) is 1.85. The maximum absolute atomic E-state index is 12.4. The number of fused-ring (bicyclic) bond motifs is 1. The number of para-hydroxylation sites is 1. The first-order valence-corrected chi connectivity index (χ1v) is 7.39. The number of rotatable bonds is 2. The van der Waals surface area contributed by atoms with E-state index in [4.69, 9.17) is 32.4 Å². The first-order chi connectivity index (χ1) is 10.5. The molecule has 0 radical (unpaired) electrons. The molecule has 3 nitrogen and oxygen atoms in total. The van der Waals surface area contributed by atoms with Crippen LogP contribution in [0.5, 0.6) is 5.75 Å². The molecule has 2 aromatic carbocycles. The van der Waals surface area contributed by atoms with Crippen molar-refractivity contribution < 1.29 is 13.9 Å². The number of aryl methyl sites for hydroxylation is 2. The van der Waals surface area contributed by atoms with Crippen molar-refractivity contribution in [3.05, 3.63) is 63.3 Å². The number of esters is 1. The van der Waals surface area contributed by atoms with E-state index in [-0.39, 0.29) is 5.76 Å². The van der Waals surface area contributed by atoms with Crippen molar-refractivity contribution >= 4 is 40.1 Å². The molecule has 0 spiro atoms. The standard InChI is InChI=1S/C17H12Cl2O3/c1-9-8-11(18)6-7-14(9)21-17(20)15-10(2)12-4-3-5-13(19)16(12)22-15/h3-8H,1-2H3. The quantitative estimate of drug-likeness (QED) is 0.454. The van der Waals surface area contributed by atoms with Crippen molar-refractivity contribution in [1.82, 2.24) is 0 Å². The van der Waals surface area contributed by atoms with Gasteiger partial charge in [0.15, 0.2) is 5.58 Å². The number of carbonyl (C=O) groups excluding carboxylic acids is 1. The van der Waals surface area contributed by atoms with Crippen LogP contribution in [0.3, 0.4) is 0 Å². The number of hydrogen-bond acceptors (Lipinski definition) is 3. The van der Waals surface area contributed by atoms with Gasteiger partial charge < -0.3 is 9.15 Å². The number of benzene rings is 2. The number of ether oxygens (including phenoxy) is 1. The Hall–Kier alpha value is -1.97. The first-order valence-electron chi connectivity index (χ1n) is 6.63. The van der Waals surface area contributed by atoms with Gasteiger partial charge in [0.05, 0.1) is 5.02 Å². The van der Waals surface area contributed by atoms with Gasteiger partial charge in [-0.25, -0.2) is 4.79 Å². The molecule has 5 heteroatoms. The van der Waals surface area contributed by atoms with Gasteiger partial charge in [-0.15, -0.1) is 0 Å². The maximum Gasteiger partial charge on any atom is 0.379 e. The summed E-state index contributed by atoms with van der Waals surface area (Å²) < 4.78 is 11.0. The summed E-state index contributed by atoms with van der Waals surface area (Å²) in [5.74, 6) is 0.0352. The number of hydrogen-bond donors (Lipinski definition) is 0. The summed E-state index contributed by atoms with van der Waals surface area (Å²) in [7, 11) is 0. The predicted octanol–water partition coefficient (Wildman–Crippen LogP) is 5.58. The maximum atomic E-state index is 12.4. The van der Waals surface area contributed by atoms with E-state index in [0.29, 0.717) is 26.9 Å². The van der Waals surface area contributed by atoms with Gasteiger partial charge in [-0.1, -0.05) is 35.3 Å². The van der Waals surface area contributed by atoms with Gasteiger partial charge in [0.1, 0.15) is 5.75 Å². The Labute approximate surface area is 137 Å². The van der Waals surface area contributed by atoms with Crippen molar-refractivity contribution in [1.29, 1.82) is 0 Å². The van der Waals surface area contributed by atoms with Gasteiger partial charge in [0, 0.05) is 16.0 Å². The zero-order valence-electron chi connectivity index (χ0n) is 11.9. The van der Waals surface area contributed by atoms with Crippen LogP contribution in [0.15, 0.2) is 40.8 Å². The highest BCUT2D eigenvalue weighted by molar-refractivity contribution is 6.35. The van der Waals surface area contributed by atoms with Crippen LogP contribution in [0.2, 0.25) is 10.0 Å². The van der Waals surface area contributed by atoms with Crippen molar-refractivity contribution in [2.75, 3.05) is 0 Å². The normalized spacial score (nSPS) is 10.9. The molecule has 3 rings (SSSR count). The molecular weight excluding hydrogens is 323 g/mol. The fourth-order valence-electron chi connectivity index (χ4n) is 2.28. The molecule has 0 aliphatic heterocycles. The fraction of sp³-hybridized carbons (Fsp3) is 0.118. The average Bonchev–Trinajstić information content (AvgIpc) is 2.81. The van der Waals surface area contributed by atoms with Crippen LogP contribution in [0.4, 0.5) is 0 Å². The second kappa shape index (κ2) is 5.67. The summed E-state index contributed by atoms with van der Waals surface area (Å²) in [4.78, 5) is 12.4. The molecule has 0 fully saturated rings. The number of furan rings is 1. The predicted molar refractivity (Wildman–Crippen MR) is 87.1 cm³/mol. The fourth-order valence-corrected chi connectivity index (χ4v) is 2.72. The molecule has 1 aromatic heterocycles. The zero-order valence-corrected chi connectivity index (χ0v) is 13.5. The third-order valence-corrected chi connectivity index (χ3v) is 3.97. The molecule has 0 bridgehead atoms. The summed E-state index contributed by atoms with van der Waals surface area (Å²) in [5.41, 5.74) is 1.96. The van der Waals surface area contributed by atoms with Crippen LogP contribution in [0, 0.1) is 13.8 Å². The minimum absolute atomic E-state index is 0.150.